The minimum absolute atomic E-state index is 0.610. The molecule has 0 bridgehead atoms. The van der Waals surface area contributed by atoms with Crippen molar-refractivity contribution in [2.75, 3.05) is 6.54 Å². The minimum Gasteiger partial charge on any atom is -0.356 e. The van der Waals surface area contributed by atoms with Gasteiger partial charge in [-0.25, -0.2) is 0 Å². The predicted molar refractivity (Wildman–Crippen MR) is 136 cm³/mol. The highest BCUT2D eigenvalue weighted by Gasteiger charge is 2.26. The van der Waals surface area contributed by atoms with Crippen molar-refractivity contribution in [1.82, 2.24) is 9.80 Å². The quantitative estimate of drug-likeness (QED) is 0.171. The van der Waals surface area contributed by atoms with Crippen LogP contribution in [0.5, 0.6) is 0 Å². The Balaban J connectivity index is 1.91. The molecule has 1 rings (SSSR count). The molecule has 1 unspecified atom stereocenters. The fourth-order valence-corrected chi connectivity index (χ4v) is 4.82. The van der Waals surface area contributed by atoms with E-state index in [4.69, 9.17) is 0 Å². The topological polar surface area (TPSA) is 6.48 Å². The number of hydrogen-bond donors (Lipinski definition) is 0. The second-order valence-electron chi connectivity index (χ2n) is 10.0. The van der Waals surface area contributed by atoms with Crippen molar-refractivity contribution in [3.63, 3.8) is 0 Å². The van der Waals surface area contributed by atoms with Crippen LogP contribution in [0.25, 0.3) is 0 Å². The lowest BCUT2D eigenvalue weighted by molar-refractivity contribution is 0.114. The van der Waals surface area contributed by atoms with E-state index in [0.29, 0.717) is 12.2 Å². The molecule has 2 heteroatoms. The van der Waals surface area contributed by atoms with Gasteiger partial charge in [-0.2, -0.15) is 0 Å². The number of hydrogen-bond acceptors (Lipinski definition) is 2. The van der Waals surface area contributed by atoms with Gasteiger partial charge >= 0.3 is 0 Å². The van der Waals surface area contributed by atoms with Gasteiger partial charge in [0.2, 0.25) is 0 Å². The van der Waals surface area contributed by atoms with E-state index in [1.807, 2.05) is 0 Å². The number of unbranched alkanes of at least 4 members (excludes halogenated alkanes) is 16. The molecule has 0 amide bonds. The lowest BCUT2D eigenvalue weighted by atomic mass is 10.0. The smallest absolute Gasteiger partial charge is 0.101 e. The van der Waals surface area contributed by atoms with Crippen LogP contribution in [0.4, 0.5) is 0 Å². The van der Waals surface area contributed by atoms with E-state index in [1.165, 1.54) is 129 Å². The Bertz CT molecular complexity index is 390. The van der Waals surface area contributed by atoms with Gasteiger partial charge in [0.25, 0.3) is 0 Å². The van der Waals surface area contributed by atoms with E-state index in [2.05, 4.69) is 49.9 Å². The Morgan fingerprint density at radius 2 is 1.00 bits per heavy atom. The molecule has 2 nitrogen and oxygen atoms in total. The van der Waals surface area contributed by atoms with E-state index in [0.717, 1.165) is 0 Å². The highest BCUT2D eigenvalue weighted by Crippen LogP contribution is 2.24. The molecule has 0 saturated carbocycles. The normalized spacial score (nSPS) is 16.4. The van der Waals surface area contributed by atoms with Crippen molar-refractivity contribution >= 4 is 0 Å². The van der Waals surface area contributed by atoms with Crippen LogP contribution in [0.3, 0.4) is 0 Å². The fourth-order valence-electron chi connectivity index (χ4n) is 4.82. The molecule has 0 saturated heterocycles. The van der Waals surface area contributed by atoms with Crippen molar-refractivity contribution < 1.29 is 0 Å². The molecule has 0 fully saturated rings. The Morgan fingerprint density at radius 3 is 1.43 bits per heavy atom. The molecule has 0 radical (unpaired) electrons. The second-order valence-corrected chi connectivity index (χ2v) is 10.0. The van der Waals surface area contributed by atoms with Gasteiger partial charge < -0.3 is 9.80 Å². The summed E-state index contributed by atoms with van der Waals surface area (Å²) in [5.41, 5.74) is 0. The molecule has 178 valence electrons. The summed E-state index contributed by atoms with van der Waals surface area (Å²) in [6.45, 7) is 10.5. The van der Waals surface area contributed by atoms with Crippen molar-refractivity contribution in [2.24, 2.45) is 0 Å². The van der Waals surface area contributed by atoms with Crippen LogP contribution in [0, 0.1) is 0 Å². The molecule has 30 heavy (non-hydrogen) atoms. The molecule has 1 atom stereocenters. The third-order valence-corrected chi connectivity index (χ3v) is 6.84. The summed E-state index contributed by atoms with van der Waals surface area (Å²) >= 11 is 0. The first-order valence-corrected chi connectivity index (χ1v) is 13.9. The molecule has 0 aromatic carbocycles. The zero-order valence-corrected chi connectivity index (χ0v) is 21.3. The monoisotopic (exact) mass is 420 g/mol. The maximum atomic E-state index is 2.61. The molecule has 1 aliphatic heterocycles. The summed E-state index contributed by atoms with van der Waals surface area (Å²) in [5, 5.41) is 0. The van der Waals surface area contributed by atoms with E-state index >= 15 is 0 Å². The lowest BCUT2D eigenvalue weighted by Gasteiger charge is -2.35. The van der Waals surface area contributed by atoms with E-state index in [-0.39, 0.29) is 0 Å². The standard InChI is InChI=1S/C28H56N2/c1-5-7-9-10-11-12-13-14-15-16-17-18-19-20-21-22-24-29-25-26-30(27(3)4)28(29)23-8-6-2/h25-28H,5-24H2,1-4H3. The van der Waals surface area contributed by atoms with Crippen LogP contribution in [0.2, 0.25) is 0 Å². The van der Waals surface area contributed by atoms with Crippen LogP contribution >= 0.6 is 0 Å². The predicted octanol–water partition coefficient (Wildman–Crippen LogP) is 9.26. The largest absolute Gasteiger partial charge is 0.356 e. The van der Waals surface area contributed by atoms with Crippen molar-refractivity contribution in [1.29, 1.82) is 0 Å². The summed E-state index contributed by atoms with van der Waals surface area (Å²) in [7, 11) is 0. The zero-order chi connectivity index (χ0) is 21.9. The highest BCUT2D eigenvalue weighted by molar-refractivity contribution is 4.98. The SMILES string of the molecule is CCCCCCCCCCCCCCCCCCN1C=CN(C(C)C)C1CCCC. The van der Waals surface area contributed by atoms with Gasteiger partial charge in [-0.05, 0) is 33.1 Å². The third-order valence-electron chi connectivity index (χ3n) is 6.84. The van der Waals surface area contributed by atoms with Crippen LogP contribution in [-0.4, -0.2) is 28.6 Å². The molecule has 1 heterocycles. The van der Waals surface area contributed by atoms with Gasteiger partial charge in [0.15, 0.2) is 0 Å². The summed E-state index contributed by atoms with van der Waals surface area (Å²) in [4.78, 5) is 5.17. The second kappa shape index (κ2) is 19.1. The number of rotatable bonds is 21. The van der Waals surface area contributed by atoms with Crippen LogP contribution in [0.1, 0.15) is 150 Å². The molecule has 0 aromatic rings. The van der Waals surface area contributed by atoms with Gasteiger partial charge in [-0.1, -0.05) is 117 Å². The van der Waals surface area contributed by atoms with Crippen molar-refractivity contribution in [2.45, 2.75) is 162 Å². The molecule has 0 N–H and O–H groups in total. The van der Waals surface area contributed by atoms with E-state index < -0.39 is 0 Å². The maximum Gasteiger partial charge on any atom is 0.101 e. The minimum atomic E-state index is 0.610. The first-order chi connectivity index (χ1) is 14.7. The van der Waals surface area contributed by atoms with Crippen LogP contribution in [-0.2, 0) is 0 Å². The van der Waals surface area contributed by atoms with Gasteiger partial charge in [-0.15, -0.1) is 0 Å². The maximum absolute atomic E-state index is 2.61. The Morgan fingerprint density at radius 1 is 0.567 bits per heavy atom. The van der Waals surface area contributed by atoms with E-state index in [1.54, 1.807) is 0 Å². The first-order valence-electron chi connectivity index (χ1n) is 13.9. The Labute approximate surface area is 190 Å². The van der Waals surface area contributed by atoms with Crippen LogP contribution in [0.15, 0.2) is 12.4 Å². The van der Waals surface area contributed by atoms with Gasteiger partial charge in [0.1, 0.15) is 6.17 Å². The lowest BCUT2D eigenvalue weighted by Crippen LogP contribution is -2.42. The molecule has 0 aromatic heterocycles. The average molecular weight is 421 g/mol. The molecular weight excluding hydrogens is 364 g/mol. The van der Waals surface area contributed by atoms with Gasteiger partial charge in [0.05, 0.1) is 0 Å². The Kier molecular flexibility index (Phi) is 17.4. The fraction of sp³-hybridized carbons (Fsp3) is 0.929. The average Bonchev–Trinajstić information content (AvgIpc) is 3.14. The third kappa shape index (κ3) is 12.9. The summed E-state index contributed by atoms with van der Waals surface area (Å²) in [6.07, 6.45) is 32.4. The van der Waals surface area contributed by atoms with Crippen molar-refractivity contribution in [3.8, 4) is 0 Å². The molecular formula is C28H56N2. The van der Waals surface area contributed by atoms with Crippen LogP contribution < -0.4 is 0 Å². The summed E-state index contributed by atoms with van der Waals surface area (Å²) < 4.78 is 0. The highest BCUT2D eigenvalue weighted by atomic mass is 15.4. The van der Waals surface area contributed by atoms with Gasteiger partial charge in [-0.3, -0.25) is 0 Å². The Hall–Kier alpha value is -0.660. The summed E-state index contributed by atoms with van der Waals surface area (Å²) in [5.74, 6) is 0. The van der Waals surface area contributed by atoms with Gasteiger partial charge in [0, 0.05) is 25.0 Å². The molecule has 1 aliphatic rings. The first kappa shape index (κ1) is 27.4. The molecule has 0 spiro atoms. The number of nitrogens with zero attached hydrogens (tertiary/aromatic N) is 2. The van der Waals surface area contributed by atoms with Crippen molar-refractivity contribution in [3.05, 3.63) is 12.4 Å². The van der Waals surface area contributed by atoms with E-state index in [9.17, 15) is 0 Å². The molecule has 0 aliphatic carbocycles. The zero-order valence-electron chi connectivity index (χ0n) is 21.3. The summed E-state index contributed by atoms with van der Waals surface area (Å²) in [6, 6.07) is 0.610.